The number of aromatic nitrogens is 2. The molecule has 0 saturated heterocycles. The van der Waals surface area contributed by atoms with Crippen LogP contribution in [-0.4, -0.2) is 21.1 Å². The van der Waals surface area contributed by atoms with Crippen LogP contribution < -0.4 is 4.90 Å². The Balaban J connectivity index is 1.72. The summed E-state index contributed by atoms with van der Waals surface area (Å²) >= 11 is 3.33. The molecule has 0 saturated carbocycles. The van der Waals surface area contributed by atoms with Gasteiger partial charge in [-0.3, -0.25) is 14.7 Å². The molecule has 2 aromatic carbocycles. The van der Waals surface area contributed by atoms with Crippen LogP contribution in [0.5, 0.6) is 0 Å². The lowest BCUT2D eigenvalue weighted by Crippen LogP contribution is -2.30. The van der Waals surface area contributed by atoms with Crippen molar-refractivity contribution in [1.82, 2.24) is 9.97 Å². The van der Waals surface area contributed by atoms with Gasteiger partial charge in [0.25, 0.3) is 5.91 Å². The van der Waals surface area contributed by atoms with Gasteiger partial charge in [-0.05, 0) is 67.4 Å². The highest BCUT2D eigenvalue weighted by Gasteiger charge is 2.23. The van der Waals surface area contributed by atoms with Crippen LogP contribution in [0.25, 0.3) is 10.2 Å². The zero-order valence-electron chi connectivity index (χ0n) is 18.1. The number of benzene rings is 2. The van der Waals surface area contributed by atoms with Gasteiger partial charge in [-0.1, -0.05) is 37.3 Å². The molecule has 158 valence electrons. The van der Waals surface area contributed by atoms with Crippen molar-refractivity contribution < 1.29 is 4.79 Å². The highest BCUT2D eigenvalue weighted by molar-refractivity contribution is 7.99. The molecular weight excluding hydrogens is 422 g/mol. The Morgan fingerprint density at radius 2 is 1.84 bits per heavy atom. The highest BCUT2D eigenvalue weighted by Crippen LogP contribution is 2.33. The maximum Gasteiger partial charge on any atom is 0.260 e. The average molecular weight is 448 g/mol. The van der Waals surface area contributed by atoms with E-state index in [0.717, 1.165) is 26.4 Å². The number of carbonyl (C=O) groups is 1. The van der Waals surface area contributed by atoms with E-state index in [9.17, 15) is 4.79 Å². The first-order valence-electron chi connectivity index (χ1n) is 10.3. The number of pyridine rings is 1. The van der Waals surface area contributed by atoms with Crippen LogP contribution in [0.4, 0.5) is 5.13 Å². The number of rotatable bonds is 6. The van der Waals surface area contributed by atoms with Crippen molar-refractivity contribution >= 4 is 44.4 Å². The van der Waals surface area contributed by atoms with Crippen molar-refractivity contribution in [3.05, 3.63) is 83.2 Å². The minimum atomic E-state index is -0.0693. The smallest absolute Gasteiger partial charge is 0.260 e. The molecule has 0 radical (unpaired) electrons. The van der Waals surface area contributed by atoms with E-state index < -0.39 is 0 Å². The largest absolute Gasteiger partial charge is 0.278 e. The molecule has 1 amide bonds. The first kappa shape index (κ1) is 21.5. The average Bonchev–Trinajstić information content (AvgIpc) is 3.20. The Bertz CT molecular complexity index is 1200. The first-order chi connectivity index (χ1) is 14.9. The fourth-order valence-electron chi connectivity index (χ4n) is 3.31. The monoisotopic (exact) mass is 447 g/mol. The molecule has 2 aromatic heterocycles. The molecule has 0 bridgehead atoms. The predicted molar refractivity (Wildman–Crippen MR) is 131 cm³/mol. The number of fused-ring (bicyclic) bond motifs is 1. The van der Waals surface area contributed by atoms with E-state index in [-0.39, 0.29) is 5.91 Å². The lowest BCUT2D eigenvalue weighted by atomic mass is 10.1. The Hall–Kier alpha value is -2.70. The number of carbonyl (C=O) groups excluding carboxylic acids is 1. The number of nitrogens with zero attached hydrogens (tertiary/aromatic N) is 3. The van der Waals surface area contributed by atoms with Gasteiger partial charge in [0.05, 0.1) is 22.5 Å². The molecule has 0 fully saturated rings. The van der Waals surface area contributed by atoms with E-state index >= 15 is 0 Å². The van der Waals surface area contributed by atoms with Crippen LogP contribution >= 0.6 is 23.1 Å². The molecule has 4 rings (SSSR count). The molecule has 4 nitrogen and oxygen atoms in total. The van der Waals surface area contributed by atoms with Crippen LogP contribution in [0.1, 0.15) is 41.0 Å². The van der Waals surface area contributed by atoms with Gasteiger partial charge in [0.15, 0.2) is 5.13 Å². The molecule has 0 N–H and O–H groups in total. The van der Waals surface area contributed by atoms with E-state index in [1.807, 2.05) is 42.5 Å². The molecule has 0 aliphatic rings. The van der Waals surface area contributed by atoms with Gasteiger partial charge in [-0.25, -0.2) is 4.98 Å². The van der Waals surface area contributed by atoms with E-state index in [1.54, 1.807) is 34.2 Å². The summed E-state index contributed by atoms with van der Waals surface area (Å²) in [5, 5.41) is 1.19. The Morgan fingerprint density at radius 1 is 1.06 bits per heavy atom. The van der Waals surface area contributed by atoms with Gasteiger partial charge in [0.1, 0.15) is 0 Å². The van der Waals surface area contributed by atoms with E-state index in [2.05, 4.69) is 44.8 Å². The van der Waals surface area contributed by atoms with Gasteiger partial charge in [0.2, 0.25) is 0 Å². The number of anilines is 1. The molecule has 0 spiro atoms. The Kier molecular flexibility index (Phi) is 6.39. The van der Waals surface area contributed by atoms with E-state index in [4.69, 9.17) is 4.98 Å². The van der Waals surface area contributed by atoms with Crippen molar-refractivity contribution in [2.45, 2.75) is 44.4 Å². The third-order valence-corrected chi connectivity index (χ3v) is 7.13. The van der Waals surface area contributed by atoms with Crippen LogP contribution in [-0.2, 0) is 6.54 Å². The molecule has 2 heterocycles. The van der Waals surface area contributed by atoms with Crippen molar-refractivity contribution in [3.8, 4) is 0 Å². The summed E-state index contributed by atoms with van der Waals surface area (Å²) in [4.78, 5) is 25.8. The first-order valence-corrected chi connectivity index (χ1v) is 12.0. The van der Waals surface area contributed by atoms with E-state index in [1.165, 1.54) is 5.56 Å². The molecule has 0 unspecified atom stereocenters. The minimum absolute atomic E-state index is 0.0693. The predicted octanol–water partition coefficient (Wildman–Crippen LogP) is 6.66. The summed E-state index contributed by atoms with van der Waals surface area (Å²) < 4.78 is 1.08. The minimum Gasteiger partial charge on any atom is -0.278 e. The lowest BCUT2D eigenvalue weighted by Gasteiger charge is -2.20. The summed E-state index contributed by atoms with van der Waals surface area (Å²) in [6.07, 6.45) is 1.75. The molecule has 0 atom stereocenters. The summed E-state index contributed by atoms with van der Waals surface area (Å²) in [7, 11) is 0. The normalized spacial score (nSPS) is 11.3. The highest BCUT2D eigenvalue weighted by atomic mass is 32.2. The molecule has 0 aliphatic carbocycles. The van der Waals surface area contributed by atoms with Gasteiger partial charge in [-0.15, -0.1) is 11.8 Å². The fourth-order valence-corrected chi connectivity index (χ4v) is 5.17. The zero-order valence-corrected chi connectivity index (χ0v) is 19.8. The molecule has 31 heavy (non-hydrogen) atoms. The van der Waals surface area contributed by atoms with E-state index in [0.29, 0.717) is 22.5 Å². The van der Waals surface area contributed by atoms with Gasteiger partial charge in [0, 0.05) is 21.9 Å². The lowest BCUT2D eigenvalue weighted by molar-refractivity contribution is 0.0984. The van der Waals surface area contributed by atoms with Crippen molar-refractivity contribution in [1.29, 1.82) is 0 Å². The quantitative estimate of drug-likeness (QED) is 0.310. The second kappa shape index (κ2) is 9.20. The Morgan fingerprint density at radius 3 is 2.52 bits per heavy atom. The number of hydrogen-bond donors (Lipinski definition) is 0. The molecule has 4 aromatic rings. The maximum absolute atomic E-state index is 13.6. The SMILES string of the molecule is Cc1ccc2sc(N(Cc3ccccn3)C(=O)c3ccc(SC(C)C)cc3)nc2c1C. The van der Waals surface area contributed by atoms with Crippen LogP contribution in [0.15, 0.2) is 65.7 Å². The molecule has 6 heteroatoms. The fraction of sp³-hybridized carbons (Fsp3) is 0.240. The maximum atomic E-state index is 13.6. The second-order valence-electron chi connectivity index (χ2n) is 7.75. The van der Waals surface area contributed by atoms with Crippen molar-refractivity contribution in [2.24, 2.45) is 0 Å². The van der Waals surface area contributed by atoms with Crippen LogP contribution in [0, 0.1) is 13.8 Å². The number of amides is 1. The standard InChI is InChI=1S/C25H25N3OS2/c1-16(2)30-21-11-9-19(10-12-21)24(29)28(15-20-7-5-6-14-26-20)25-27-23-18(4)17(3)8-13-22(23)31-25/h5-14,16H,15H2,1-4H3. The van der Waals surface area contributed by atoms with Crippen LogP contribution in [0.2, 0.25) is 0 Å². The van der Waals surface area contributed by atoms with Gasteiger partial charge in [-0.2, -0.15) is 0 Å². The van der Waals surface area contributed by atoms with Gasteiger partial charge >= 0.3 is 0 Å². The number of thiazole rings is 1. The molecular formula is C25H25N3OS2. The summed E-state index contributed by atoms with van der Waals surface area (Å²) in [6, 6.07) is 17.8. The third-order valence-electron chi connectivity index (χ3n) is 5.07. The number of aryl methyl sites for hydroxylation is 2. The van der Waals surface area contributed by atoms with Crippen LogP contribution in [0.3, 0.4) is 0 Å². The van der Waals surface area contributed by atoms with Gasteiger partial charge < -0.3 is 0 Å². The Labute approximate surface area is 191 Å². The number of thioether (sulfide) groups is 1. The third kappa shape index (κ3) is 4.81. The number of hydrogen-bond acceptors (Lipinski definition) is 5. The summed E-state index contributed by atoms with van der Waals surface area (Å²) in [6.45, 7) is 8.86. The molecule has 0 aliphatic heterocycles. The summed E-state index contributed by atoms with van der Waals surface area (Å²) in [5.74, 6) is -0.0693. The topological polar surface area (TPSA) is 46.1 Å². The van der Waals surface area contributed by atoms with Crippen molar-refractivity contribution in [2.75, 3.05) is 4.90 Å². The second-order valence-corrected chi connectivity index (χ2v) is 10.4. The summed E-state index contributed by atoms with van der Waals surface area (Å²) in [5.41, 5.74) is 4.79. The zero-order chi connectivity index (χ0) is 22.0. The van der Waals surface area contributed by atoms with Crippen molar-refractivity contribution in [3.63, 3.8) is 0 Å².